The highest BCUT2D eigenvalue weighted by atomic mass is 32.1. The molecule has 0 saturated heterocycles. The van der Waals surface area contributed by atoms with Gasteiger partial charge in [-0.2, -0.15) is 0 Å². The lowest BCUT2D eigenvalue weighted by Gasteiger charge is -2.09. The zero-order valence-corrected chi connectivity index (χ0v) is 11.7. The summed E-state index contributed by atoms with van der Waals surface area (Å²) in [5, 5.41) is 3.13. The number of hydrogen-bond acceptors (Lipinski definition) is 5. The summed E-state index contributed by atoms with van der Waals surface area (Å²) >= 11 is 3.57. The maximum atomic E-state index is 5.94. The Balaban J connectivity index is 1.89. The molecule has 0 aromatic carbocycles. The lowest BCUT2D eigenvalue weighted by Crippen LogP contribution is -1.97. The average Bonchev–Trinajstić information content (AvgIpc) is 3.04. The molecule has 19 heavy (non-hydrogen) atoms. The second-order valence-corrected chi connectivity index (χ2v) is 6.57. The van der Waals surface area contributed by atoms with E-state index in [9.17, 15) is 0 Å². The maximum absolute atomic E-state index is 5.94. The van der Waals surface area contributed by atoms with Gasteiger partial charge in [0.2, 0.25) is 0 Å². The van der Waals surface area contributed by atoms with Crippen molar-refractivity contribution in [1.82, 2.24) is 9.97 Å². The quantitative estimate of drug-likeness (QED) is 0.743. The van der Waals surface area contributed by atoms with E-state index in [1.165, 1.54) is 15.3 Å². The number of nitrogens with two attached hydrogens (primary N) is 1. The van der Waals surface area contributed by atoms with Crippen molar-refractivity contribution in [3.63, 3.8) is 0 Å². The molecule has 3 aromatic rings. The Hall–Kier alpha value is -1.72. The molecule has 0 aliphatic heterocycles. The molecule has 0 radical (unpaired) electrons. The molecule has 0 spiro atoms. The molecular formula is C14H11N3S2. The van der Waals surface area contributed by atoms with Gasteiger partial charge >= 0.3 is 0 Å². The number of nitrogens with zero attached hydrogens (tertiary/aromatic N) is 2. The smallest absolute Gasteiger partial charge is 0.133 e. The van der Waals surface area contributed by atoms with E-state index in [0.717, 1.165) is 29.1 Å². The molecule has 3 nitrogen and oxygen atoms in total. The Morgan fingerprint density at radius 2 is 2.00 bits per heavy atom. The molecule has 1 aliphatic carbocycles. The fourth-order valence-corrected chi connectivity index (χ4v) is 4.41. The van der Waals surface area contributed by atoms with Gasteiger partial charge in [0.05, 0.1) is 11.3 Å². The number of aromatic nitrogens is 2. The Kier molecular flexibility index (Phi) is 2.43. The summed E-state index contributed by atoms with van der Waals surface area (Å²) in [6.07, 6.45) is 3.92. The molecule has 1 aliphatic rings. The van der Waals surface area contributed by atoms with Crippen LogP contribution in [0.25, 0.3) is 21.8 Å². The number of thiazole rings is 1. The molecule has 0 atom stereocenters. The summed E-state index contributed by atoms with van der Waals surface area (Å²) in [6.45, 7) is 0. The number of fused-ring (bicyclic) bond motifs is 3. The van der Waals surface area contributed by atoms with Gasteiger partial charge in [0.1, 0.15) is 10.8 Å². The molecule has 0 bridgehead atoms. The van der Waals surface area contributed by atoms with E-state index in [1.807, 2.05) is 23.5 Å². The summed E-state index contributed by atoms with van der Waals surface area (Å²) in [5.41, 5.74) is 9.33. The molecule has 4 rings (SSSR count). The van der Waals surface area contributed by atoms with E-state index < -0.39 is 0 Å². The zero-order valence-electron chi connectivity index (χ0n) is 10.1. The van der Waals surface area contributed by atoms with E-state index >= 15 is 0 Å². The van der Waals surface area contributed by atoms with Crippen LogP contribution in [0.15, 0.2) is 29.8 Å². The van der Waals surface area contributed by atoms with Gasteiger partial charge < -0.3 is 5.73 Å². The third-order valence-corrected chi connectivity index (χ3v) is 5.48. The summed E-state index contributed by atoms with van der Waals surface area (Å²) in [7, 11) is 0. The van der Waals surface area contributed by atoms with Crippen LogP contribution in [0.3, 0.4) is 0 Å². The monoisotopic (exact) mass is 285 g/mol. The summed E-state index contributed by atoms with van der Waals surface area (Å²) in [4.78, 5) is 11.8. The highest BCUT2D eigenvalue weighted by Gasteiger charge is 2.22. The summed E-state index contributed by atoms with van der Waals surface area (Å²) in [6, 6.07) is 6.07. The maximum Gasteiger partial charge on any atom is 0.133 e. The highest BCUT2D eigenvalue weighted by Crippen LogP contribution is 2.41. The molecule has 2 N–H and O–H groups in total. The van der Waals surface area contributed by atoms with Gasteiger partial charge in [-0.05, 0) is 36.4 Å². The molecule has 0 unspecified atom stereocenters. The van der Waals surface area contributed by atoms with Crippen molar-refractivity contribution in [2.75, 3.05) is 5.73 Å². The molecular weight excluding hydrogens is 274 g/mol. The lowest BCUT2D eigenvalue weighted by molar-refractivity contribution is 0.979. The number of pyridine rings is 1. The molecule has 3 heterocycles. The van der Waals surface area contributed by atoms with Gasteiger partial charge in [-0.3, -0.25) is 0 Å². The van der Waals surface area contributed by atoms with Gasteiger partial charge in [-0.1, -0.05) is 0 Å². The third-order valence-electron chi connectivity index (χ3n) is 3.35. The minimum atomic E-state index is 0.555. The van der Waals surface area contributed by atoms with Gasteiger partial charge in [0.15, 0.2) is 0 Å². The largest absolute Gasteiger partial charge is 0.383 e. The van der Waals surface area contributed by atoms with Gasteiger partial charge in [-0.15, -0.1) is 22.7 Å². The van der Waals surface area contributed by atoms with E-state index in [2.05, 4.69) is 16.4 Å². The minimum absolute atomic E-state index is 0.555. The molecule has 5 heteroatoms. The average molecular weight is 285 g/mol. The van der Waals surface area contributed by atoms with Crippen LogP contribution in [0.1, 0.15) is 9.75 Å². The SMILES string of the molecule is Nc1ncccc1-c1nc2c(s1)CCc1sccc1-2. The van der Waals surface area contributed by atoms with Gasteiger partial charge in [-0.25, -0.2) is 9.97 Å². The minimum Gasteiger partial charge on any atom is -0.383 e. The summed E-state index contributed by atoms with van der Waals surface area (Å²) < 4.78 is 0. The van der Waals surface area contributed by atoms with Crippen LogP contribution in [0.2, 0.25) is 0 Å². The molecule has 94 valence electrons. The van der Waals surface area contributed by atoms with Crippen LogP contribution < -0.4 is 5.73 Å². The molecule has 0 amide bonds. The first kappa shape index (κ1) is 11.1. The van der Waals surface area contributed by atoms with Crippen LogP contribution >= 0.6 is 22.7 Å². The van der Waals surface area contributed by atoms with E-state index in [0.29, 0.717) is 5.82 Å². The standard InChI is InChI=1S/C14H11N3S2/c15-13-9(2-1-6-16-13)14-17-12-8-5-7-18-10(8)3-4-11(12)19-14/h1-2,5-7H,3-4H2,(H2,15,16). The first-order valence-corrected chi connectivity index (χ1v) is 7.80. The van der Waals surface area contributed by atoms with Crippen LogP contribution in [0.5, 0.6) is 0 Å². The predicted octanol–water partition coefficient (Wildman–Crippen LogP) is 3.61. The summed E-state index contributed by atoms with van der Waals surface area (Å²) in [5.74, 6) is 0.555. The van der Waals surface area contributed by atoms with Crippen LogP contribution in [-0.2, 0) is 12.8 Å². The first-order chi connectivity index (χ1) is 9.33. The van der Waals surface area contributed by atoms with Crippen LogP contribution in [-0.4, -0.2) is 9.97 Å². The second kappa shape index (κ2) is 4.15. The van der Waals surface area contributed by atoms with Crippen molar-refractivity contribution >= 4 is 28.5 Å². The topological polar surface area (TPSA) is 51.8 Å². The normalized spacial score (nSPS) is 13.1. The fraction of sp³-hybridized carbons (Fsp3) is 0.143. The van der Waals surface area contributed by atoms with E-state index in [-0.39, 0.29) is 0 Å². The number of anilines is 1. The van der Waals surface area contributed by atoms with Crippen molar-refractivity contribution in [2.24, 2.45) is 0 Å². The van der Waals surface area contributed by atoms with Crippen LogP contribution in [0.4, 0.5) is 5.82 Å². The van der Waals surface area contributed by atoms with E-state index in [1.54, 1.807) is 17.5 Å². The molecule has 0 saturated carbocycles. The third kappa shape index (κ3) is 1.69. The Labute approximate surface area is 118 Å². The number of aryl methyl sites for hydroxylation is 2. The number of nitrogen functional groups attached to an aromatic ring is 1. The van der Waals surface area contributed by atoms with Gasteiger partial charge in [0.25, 0.3) is 0 Å². The molecule has 3 aromatic heterocycles. The van der Waals surface area contributed by atoms with E-state index in [4.69, 9.17) is 10.7 Å². The van der Waals surface area contributed by atoms with Crippen molar-refractivity contribution in [1.29, 1.82) is 0 Å². The van der Waals surface area contributed by atoms with Crippen molar-refractivity contribution in [3.8, 4) is 21.8 Å². The Bertz CT molecular complexity index is 758. The zero-order chi connectivity index (χ0) is 12.8. The Morgan fingerprint density at radius 1 is 1.11 bits per heavy atom. The molecule has 0 fully saturated rings. The number of hydrogen-bond donors (Lipinski definition) is 1. The second-order valence-electron chi connectivity index (χ2n) is 4.48. The highest BCUT2D eigenvalue weighted by molar-refractivity contribution is 7.15. The Morgan fingerprint density at radius 3 is 2.89 bits per heavy atom. The van der Waals surface area contributed by atoms with Crippen molar-refractivity contribution < 1.29 is 0 Å². The number of thiophene rings is 1. The van der Waals surface area contributed by atoms with Crippen molar-refractivity contribution in [3.05, 3.63) is 39.5 Å². The predicted molar refractivity (Wildman–Crippen MR) is 80.5 cm³/mol. The number of rotatable bonds is 1. The van der Waals surface area contributed by atoms with Crippen molar-refractivity contribution in [2.45, 2.75) is 12.8 Å². The fourth-order valence-electron chi connectivity index (χ4n) is 2.42. The lowest BCUT2D eigenvalue weighted by atomic mass is 10.0. The first-order valence-electron chi connectivity index (χ1n) is 6.10. The van der Waals surface area contributed by atoms with Crippen LogP contribution in [0, 0.1) is 0 Å². The van der Waals surface area contributed by atoms with Gasteiger partial charge in [0, 0.05) is 21.5 Å².